The van der Waals surface area contributed by atoms with Gasteiger partial charge in [-0.3, -0.25) is 24.7 Å². The normalized spacial score (nSPS) is 9.82. The molecule has 0 radical (unpaired) electrons. The molecule has 12 nitrogen and oxygen atoms in total. The van der Waals surface area contributed by atoms with Crippen molar-refractivity contribution in [1.29, 1.82) is 10.5 Å². The molecular formula is C21H32N8O4. The maximum atomic E-state index is 12.5. The van der Waals surface area contributed by atoms with Crippen molar-refractivity contribution >= 4 is 29.4 Å². The molecule has 1 rings (SSSR count). The summed E-state index contributed by atoms with van der Waals surface area (Å²) in [6.07, 6.45) is 1.02. The van der Waals surface area contributed by atoms with Crippen LogP contribution in [0, 0.1) is 23.2 Å². The van der Waals surface area contributed by atoms with E-state index in [-0.39, 0.29) is 0 Å². The number of nitrogens with two attached hydrogens (primary N) is 1. The first-order valence-corrected chi connectivity index (χ1v) is 10.2. The Morgan fingerprint density at radius 1 is 1.09 bits per heavy atom. The Balaban J connectivity index is 0. The maximum Gasteiger partial charge on any atom is 0.340 e. The molecule has 33 heavy (non-hydrogen) atoms. The molecule has 6 N–H and O–H groups in total. The van der Waals surface area contributed by atoms with Crippen LogP contribution < -0.4 is 32.1 Å². The van der Waals surface area contributed by atoms with Crippen molar-refractivity contribution in [3.8, 4) is 12.6 Å². The van der Waals surface area contributed by atoms with E-state index in [9.17, 15) is 19.2 Å². The maximum absolute atomic E-state index is 12.5. The molecule has 0 aromatic heterocycles. The number of hydrazine groups is 1. The highest BCUT2D eigenvalue weighted by molar-refractivity contribution is 6.34. The Kier molecular flexibility index (Phi) is 18.6. The van der Waals surface area contributed by atoms with Crippen LogP contribution in [0.25, 0.3) is 0 Å². The highest BCUT2D eigenvalue weighted by atomic mass is 16.2. The third kappa shape index (κ3) is 13.7. The first-order valence-electron chi connectivity index (χ1n) is 10.2. The number of carbonyl (C=O) groups is 4. The van der Waals surface area contributed by atoms with Crippen LogP contribution in [0.3, 0.4) is 0 Å². The predicted octanol–water partition coefficient (Wildman–Crippen LogP) is 0.283. The minimum Gasteiger partial charge on any atom is -0.361 e. The quantitative estimate of drug-likeness (QED) is 0.198. The first-order chi connectivity index (χ1) is 15.9. The largest absolute Gasteiger partial charge is 0.361 e. The first kappa shape index (κ1) is 31.0. The highest BCUT2D eigenvalue weighted by Gasteiger charge is 2.20. The van der Waals surface area contributed by atoms with Crippen molar-refractivity contribution in [2.24, 2.45) is 5.73 Å². The highest BCUT2D eigenvalue weighted by Crippen LogP contribution is 2.13. The minimum absolute atomic E-state index is 0.360. The molecular weight excluding hydrogens is 428 g/mol. The standard InChI is InChI=1S/C18H25N7O4.C2H6.CHN/c1-13(22-17(28)15(20)26)16(27)23-24-18(29)25(14-7-3-2-4-8-14)12-6-11-21-10-5-9-19;2*1-2/h2-4,7-8,13,21H,5-6,10-12H2,1H3,(H2,20,26)(H,22,28)(H,23,27)(H,24,29);1-2H3;1H. The van der Waals surface area contributed by atoms with E-state index >= 15 is 0 Å². The van der Waals surface area contributed by atoms with Crippen LogP contribution in [0.2, 0.25) is 0 Å². The summed E-state index contributed by atoms with van der Waals surface area (Å²) in [5, 5.41) is 20.2. The number of rotatable bonds is 9. The molecule has 0 saturated heterocycles. The van der Waals surface area contributed by atoms with Gasteiger partial charge in [-0.1, -0.05) is 32.0 Å². The van der Waals surface area contributed by atoms with Gasteiger partial charge in [-0.15, -0.1) is 0 Å². The molecule has 1 aromatic carbocycles. The monoisotopic (exact) mass is 460 g/mol. The lowest BCUT2D eigenvalue weighted by Gasteiger charge is -2.24. The van der Waals surface area contributed by atoms with E-state index in [1.54, 1.807) is 24.3 Å². The number of urea groups is 1. The third-order valence-electron chi connectivity index (χ3n) is 3.72. The van der Waals surface area contributed by atoms with Crippen LogP contribution in [0.1, 0.15) is 33.6 Å². The van der Waals surface area contributed by atoms with Crippen LogP contribution in [0.4, 0.5) is 10.5 Å². The fraction of sp³-hybridized carbons (Fsp3) is 0.429. The number of benzene rings is 1. The fourth-order valence-corrected chi connectivity index (χ4v) is 2.21. The van der Waals surface area contributed by atoms with Gasteiger partial charge in [0.15, 0.2) is 0 Å². The summed E-state index contributed by atoms with van der Waals surface area (Å²) in [4.78, 5) is 47.9. The van der Waals surface area contributed by atoms with E-state index in [0.29, 0.717) is 38.2 Å². The van der Waals surface area contributed by atoms with Gasteiger partial charge in [0.25, 0.3) is 5.91 Å². The molecule has 180 valence electrons. The summed E-state index contributed by atoms with van der Waals surface area (Å²) in [6.45, 7) is 10.4. The van der Waals surface area contributed by atoms with Crippen molar-refractivity contribution < 1.29 is 19.2 Å². The summed E-state index contributed by atoms with van der Waals surface area (Å²) in [6, 6.07) is 9.25. The number of nitriles is 2. The average Bonchev–Trinajstić information content (AvgIpc) is 2.84. The molecule has 0 spiro atoms. The van der Waals surface area contributed by atoms with Crippen molar-refractivity contribution in [1.82, 2.24) is 21.5 Å². The second kappa shape index (κ2) is 19.8. The van der Waals surface area contributed by atoms with Gasteiger partial charge >= 0.3 is 17.8 Å². The number of nitrogens with zero attached hydrogens (tertiary/aromatic N) is 3. The Hall–Kier alpha value is -4.16. The molecule has 0 fully saturated rings. The predicted molar refractivity (Wildman–Crippen MR) is 123 cm³/mol. The molecule has 0 heterocycles. The number of hydrogen-bond acceptors (Lipinski definition) is 7. The Morgan fingerprint density at radius 2 is 1.70 bits per heavy atom. The molecule has 5 amide bonds. The van der Waals surface area contributed by atoms with E-state index in [0.717, 1.165) is 0 Å². The Bertz CT molecular complexity index is 792. The number of amides is 5. The van der Waals surface area contributed by atoms with Crippen LogP contribution in [0.15, 0.2) is 30.3 Å². The SMILES string of the molecule is C#N.CC.CC(NC(=O)C(N)=O)C(=O)NNC(=O)N(CCCNCCC#N)c1ccccc1. The third-order valence-corrected chi connectivity index (χ3v) is 3.72. The Morgan fingerprint density at radius 3 is 2.24 bits per heavy atom. The number of anilines is 1. The summed E-state index contributed by atoms with van der Waals surface area (Å²) < 4.78 is 0. The number of hydrogen-bond donors (Lipinski definition) is 5. The lowest BCUT2D eigenvalue weighted by atomic mass is 10.2. The van der Waals surface area contributed by atoms with Gasteiger partial charge in [0.1, 0.15) is 6.04 Å². The fourth-order valence-electron chi connectivity index (χ4n) is 2.21. The minimum atomic E-state index is -1.22. The van der Waals surface area contributed by atoms with Crippen molar-refractivity contribution in [2.75, 3.05) is 24.5 Å². The van der Waals surface area contributed by atoms with Gasteiger partial charge in [-0.05, 0) is 32.0 Å². The van der Waals surface area contributed by atoms with Crippen LogP contribution in [0.5, 0.6) is 0 Å². The zero-order valence-electron chi connectivity index (χ0n) is 19.1. The number of carbonyl (C=O) groups excluding carboxylic acids is 4. The smallest absolute Gasteiger partial charge is 0.340 e. The van der Waals surface area contributed by atoms with E-state index in [1.807, 2.05) is 26.0 Å². The topological polar surface area (TPSA) is 193 Å². The van der Waals surface area contributed by atoms with Crippen LogP contribution >= 0.6 is 0 Å². The molecule has 1 aromatic rings. The van der Waals surface area contributed by atoms with Gasteiger partial charge in [0.05, 0.1) is 6.07 Å². The molecule has 12 heteroatoms. The molecule has 1 atom stereocenters. The molecule has 0 saturated carbocycles. The van der Waals surface area contributed by atoms with Gasteiger partial charge in [-0.2, -0.15) is 5.26 Å². The lowest BCUT2D eigenvalue weighted by molar-refractivity contribution is -0.138. The zero-order valence-corrected chi connectivity index (χ0v) is 19.1. The average molecular weight is 461 g/mol. The molecule has 1 unspecified atom stereocenters. The molecule has 0 aliphatic heterocycles. The van der Waals surface area contributed by atoms with Crippen molar-refractivity contribution in [3.63, 3.8) is 0 Å². The molecule has 0 aliphatic carbocycles. The van der Waals surface area contributed by atoms with Crippen molar-refractivity contribution in [2.45, 2.75) is 39.7 Å². The van der Waals surface area contributed by atoms with Gasteiger partial charge in [0.2, 0.25) is 0 Å². The summed E-state index contributed by atoms with van der Waals surface area (Å²) in [5.74, 6) is -3.04. The van der Waals surface area contributed by atoms with Gasteiger partial charge in [0, 0.05) is 31.8 Å². The summed E-state index contributed by atoms with van der Waals surface area (Å²) in [5.41, 5.74) is 9.92. The van der Waals surface area contributed by atoms with Crippen LogP contribution in [-0.2, 0) is 14.4 Å². The second-order valence-electron chi connectivity index (χ2n) is 5.98. The van der Waals surface area contributed by atoms with Crippen LogP contribution in [-0.4, -0.2) is 49.4 Å². The van der Waals surface area contributed by atoms with Crippen molar-refractivity contribution in [3.05, 3.63) is 30.3 Å². The van der Waals surface area contributed by atoms with E-state index < -0.39 is 29.8 Å². The lowest BCUT2D eigenvalue weighted by Crippen LogP contribution is -2.55. The summed E-state index contributed by atoms with van der Waals surface area (Å²) >= 11 is 0. The zero-order chi connectivity index (χ0) is 25.6. The molecule has 0 aliphatic rings. The van der Waals surface area contributed by atoms with Gasteiger partial charge < -0.3 is 16.4 Å². The number of primary amides is 1. The van der Waals surface area contributed by atoms with E-state index in [2.05, 4.69) is 28.1 Å². The van der Waals surface area contributed by atoms with E-state index in [4.69, 9.17) is 16.3 Å². The second-order valence-corrected chi connectivity index (χ2v) is 5.98. The summed E-state index contributed by atoms with van der Waals surface area (Å²) in [7, 11) is 0. The van der Waals surface area contributed by atoms with Gasteiger partial charge in [-0.25, -0.2) is 15.5 Å². The number of nitrogens with one attached hydrogen (secondary N) is 4. The molecule has 0 bridgehead atoms. The number of para-hydroxylation sites is 1. The van der Waals surface area contributed by atoms with E-state index in [1.165, 1.54) is 11.8 Å². The Labute approximate surface area is 194 Å².